The van der Waals surface area contributed by atoms with Gasteiger partial charge in [0.05, 0.1) is 0 Å². The zero-order valence-electron chi connectivity index (χ0n) is 12.3. The molecular weight excluding hydrogens is 284 g/mol. The third kappa shape index (κ3) is 3.96. The van der Waals surface area contributed by atoms with Crippen LogP contribution < -0.4 is 4.74 Å². The van der Waals surface area contributed by atoms with Crippen molar-refractivity contribution in [3.8, 4) is 16.9 Å². The molecule has 0 aliphatic rings. The minimum atomic E-state index is -0.0769. The Bertz CT molecular complexity index is 681. The summed E-state index contributed by atoms with van der Waals surface area (Å²) in [5.41, 5.74) is 2.92. The lowest BCUT2D eigenvalue weighted by Gasteiger charge is -2.11. The van der Waals surface area contributed by atoms with Crippen LogP contribution in [0, 0.1) is 0 Å². The van der Waals surface area contributed by atoms with Gasteiger partial charge in [-0.3, -0.25) is 4.79 Å². The van der Waals surface area contributed by atoms with Crippen molar-refractivity contribution in [3.05, 3.63) is 64.9 Å². The molecule has 2 aromatic rings. The van der Waals surface area contributed by atoms with Crippen molar-refractivity contribution in [3.63, 3.8) is 0 Å². The topological polar surface area (TPSA) is 26.3 Å². The molecule has 0 atom stereocenters. The minimum Gasteiger partial charge on any atom is -0.454 e. The predicted octanol–water partition coefficient (Wildman–Crippen LogP) is 5.27. The second-order valence-electron chi connectivity index (χ2n) is 5.02. The molecule has 0 unspecified atom stereocenters. The molecule has 0 amide bonds. The fourth-order valence-corrected chi connectivity index (χ4v) is 2.15. The highest BCUT2D eigenvalue weighted by Gasteiger charge is 2.09. The molecule has 3 heteroatoms. The van der Waals surface area contributed by atoms with E-state index in [4.69, 9.17) is 16.3 Å². The van der Waals surface area contributed by atoms with E-state index in [0.717, 1.165) is 16.7 Å². The zero-order valence-corrected chi connectivity index (χ0v) is 13.1. The number of ketones is 1. The molecule has 2 rings (SSSR count). The van der Waals surface area contributed by atoms with E-state index < -0.39 is 0 Å². The minimum absolute atomic E-state index is 0.0769. The normalized spacial score (nSPS) is 10.1. The molecule has 0 radical (unpaired) electrons. The van der Waals surface area contributed by atoms with Crippen molar-refractivity contribution in [2.75, 3.05) is 0 Å². The summed E-state index contributed by atoms with van der Waals surface area (Å²) in [7, 11) is 0. The van der Waals surface area contributed by atoms with Gasteiger partial charge >= 0.3 is 0 Å². The highest BCUT2D eigenvalue weighted by atomic mass is 35.5. The number of ether oxygens (including phenoxy) is 1. The summed E-state index contributed by atoms with van der Waals surface area (Å²) in [6, 6.07) is 15.3. The molecule has 0 N–H and O–H groups in total. The fourth-order valence-electron chi connectivity index (χ4n) is 2.03. The maximum Gasteiger partial charge on any atom is 0.194 e. The summed E-state index contributed by atoms with van der Waals surface area (Å²) in [4.78, 5) is 11.6. The largest absolute Gasteiger partial charge is 0.454 e. The molecule has 0 spiro atoms. The van der Waals surface area contributed by atoms with E-state index in [1.807, 2.05) is 62.4 Å². The van der Waals surface area contributed by atoms with Crippen molar-refractivity contribution < 1.29 is 9.53 Å². The van der Waals surface area contributed by atoms with Gasteiger partial charge in [0, 0.05) is 11.9 Å². The first kappa shape index (κ1) is 15.3. The maximum absolute atomic E-state index is 11.6. The molecule has 0 fully saturated rings. The lowest BCUT2D eigenvalue weighted by atomic mass is 10.1. The smallest absolute Gasteiger partial charge is 0.194 e. The average Bonchev–Trinajstić information content (AvgIpc) is 2.45. The Balaban J connectivity index is 2.32. The lowest BCUT2D eigenvalue weighted by Crippen LogP contribution is -2.06. The average molecular weight is 301 g/mol. The molecule has 108 valence electrons. The molecule has 0 heterocycles. The number of benzene rings is 2. The van der Waals surface area contributed by atoms with Gasteiger partial charge in [-0.1, -0.05) is 35.9 Å². The molecule has 21 heavy (non-hydrogen) atoms. The van der Waals surface area contributed by atoms with Crippen molar-refractivity contribution in [1.29, 1.82) is 0 Å². The second-order valence-corrected chi connectivity index (χ2v) is 5.46. The van der Waals surface area contributed by atoms with E-state index in [-0.39, 0.29) is 5.78 Å². The third-order valence-electron chi connectivity index (χ3n) is 3.01. The number of allylic oxidation sites excluding steroid dienone is 2. The van der Waals surface area contributed by atoms with E-state index in [2.05, 4.69) is 0 Å². The molecule has 0 aliphatic carbocycles. The van der Waals surface area contributed by atoms with Gasteiger partial charge in [0.2, 0.25) is 0 Å². The summed E-state index contributed by atoms with van der Waals surface area (Å²) < 4.78 is 5.73. The first-order valence-electron chi connectivity index (χ1n) is 6.69. The lowest BCUT2D eigenvalue weighted by molar-refractivity contribution is -0.115. The van der Waals surface area contributed by atoms with Crippen LogP contribution in [0.4, 0.5) is 0 Å². The van der Waals surface area contributed by atoms with Gasteiger partial charge in [-0.25, -0.2) is 0 Å². The SMILES string of the molecule is CC(=O)C(Oc1cccc(-c2ccc(Cl)cc2)c1)=C(C)C. The van der Waals surface area contributed by atoms with Crippen LogP contribution in [0.5, 0.6) is 5.75 Å². The number of hydrogen-bond acceptors (Lipinski definition) is 2. The van der Waals surface area contributed by atoms with Gasteiger partial charge in [-0.05, 0) is 54.8 Å². The van der Waals surface area contributed by atoms with Gasteiger partial charge < -0.3 is 4.74 Å². The van der Waals surface area contributed by atoms with Gasteiger partial charge in [0.15, 0.2) is 11.5 Å². The first-order valence-corrected chi connectivity index (χ1v) is 7.07. The Morgan fingerprint density at radius 3 is 2.19 bits per heavy atom. The van der Waals surface area contributed by atoms with Crippen LogP contribution >= 0.6 is 11.6 Å². The molecule has 0 aromatic heterocycles. The predicted molar refractivity (Wildman–Crippen MR) is 86.6 cm³/mol. The Hall–Kier alpha value is -2.06. The van der Waals surface area contributed by atoms with Crippen LogP contribution in [0.3, 0.4) is 0 Å². The number of carbonyl (C=O) groups excluding carboxylic acids is 1. The number of Topliss-reactive ketones (excluding diaryl/α,β-unsaturated/α-hetero) is 1. The van der Waals surface area contributed by atoms with Gasteiger partial charge in [0.1, 0.15) is 5.75 Å². The fraction of sp³-hybridized carbons (Fsp3) is 0.167. The molecule has 0 aliphatic heterocycles. The third-order valence-corrected chi connectivity index (χ3v) is 3.26. The van der Waals surface area contributed by atoms with Crippen LogP contribution in [-0.4, -0.2) is 5.78 Å². The number of rotatable bonds is 4. The zero-order chi connectivity index (χ0) is 15.4. The monoisotopic (exact) mass is 300 g/mol. The van der Waals surface area contributed by atoms with Crippen LogP contribution in [0.15, 0.2) is 59.9 Å². The van der Waals surface area contributed by atoms with Crippen LogP contribution in [-0.2, 0) is 4.79 Å². The molecule has 2 aromatic carbocycles. The Labute approximate surface area is 130 Å². The molecule has 2 nitrogen and oxygen atoms in total. The molecule has 0 saturated carbocycles. The Kier molecular flexibility index (Phi) is 4.81. The van der Waals surface area contributed by atoms with E-state index in [1.54, 1.807) is 0 Å². The summed E-state index contributed by atoms with van der Waals surface area (Å²) in [5.74, 6) is 0.962. The van der Waals surface area contributed by atoms with Crippen molar-refractivity contribution in [2.24, 2.45) is 0 Å². The maximum atomic E-state index is 11.6. The Morgan fingerprint density at radius 2 is 1.62 bits per heavy atom. The molecule has 0 saturated heterocycles. The summed E-state index contributed by atoms with van der Waals surface area (Å²) in [6.07, 6.45) is 0. The standard InChI is InChI=1S/C18H17ClO2/c1-12(2)18(13(3)20)21-17-6-4-5-15(11-17)14-7-9-16(19)10-8-14/h4-11H,1-3H3. The van der Waals surface area contributed by atoms with Gasteiger partial charge in [-0.2, -0.15) is 0 Å². The first-order chi connectivity index (χ1) is 9.97. The highest BCUT2D eigenvalue weighted by molar-refractivity contribution is 6.30. The van der Waals surface area contributed by atoms with Crippen LogP contribution in [0.2, 0.25) is 5.02 Å². The van der Waals surface area contributed by atoms with E-state index in [9.17, 15) is 4.79 Å². The molecule has 0 bridgehead atoms. The Morgan fingerprint density at radius 1 is 0.952 bits per heavy atom. The second kappa shape index (κ2) is 6.59. The summed E-state index contributed by atoms with van der Waals surface area (Å²) in [6.45, 7) is 5.23. The summed E-state index contributed by atoms with van der Waals surface area (Å²) in [5, 5.41) is 0.703. The number of halogens is 1. The highest BCUT2D eigenvalue weighted by Crippen LogP contribution is 2.26. The van der Waals surface area contributed by atoms with Gasteiger partial charge in [-0.15, -0.1) is 0 Å². The number of hydrogen-bond donors (Lipinski definition) is 0. The quantitative estimate of drug-likeness (QED) is 0.568. The van der Waals surface area contributed by atoms with Crippen LogP contribution in [0.1, 0.15) is 20.8 Å². The van der Waals surface area contributed by atoms with E-state index >= 15 is 0 Å². The summed E-state index contributed by atoms with van der Waals surface area (Å²) >= 11 is 5.90. The van der Waals surface area contributed by atoms with Crippen molar-refractivity contribution in [2.45, 2.75) is 20.8 Å². The van der Waals surface area contributed by atoms with Crippen molar-refractivity contribution >= 4 is 17.4 Å². The van der Waals surface area contributed by atoms with E-state index in [1.165, 1.54) is 6.92 Å². The van der Waals surface area contributed by atoms with Crippen LogP contribution in [0.25, 0.3) is 11.1 Å². The van der Waals surface area contributed by atoms with E-state index in [0.29, 0.717) is 16.5 Å². The molecular formula is C18H17ClO2. The number of carbonyl (C=O) groups is 1. The van der Waals surface area contributed by atoms with Crippen molar-refractivity contribution in [1.82, 2.24) is 0 Å². The van der Waals surface area contributed by atoms with Gasteiger partial charge in [0.25, 0.3) is 0 Å².